The molecular weight excluding hydrogens is 327 g/mol. The van der Waals surface area contributed by atoms with Crippen LogP contribution < -0.4 is 10.1 Å². The van der Waals surface area contributed by atoms with Gasteiger partial charge < -0.3 is 10.1 Å². The van der Waals surface area contributed by atoms with Gasteiger partial charge in [-0.15, -0.1) is 5.10 Å². The van der Waals surface area contributed by atoms with Crippen LogP contribution in [0.25, 0.3) is 0 Å². The summed E-state index contributed by atoms with van der Waals surface area (Å²) in [5.41, 5.74) is 0.0230. The Balaban J connectivity index is 2.08. The molecule has 0 aliphatic carbocycles. The predicted molar refractivity (Wildman–Crippen MR) is 69.4 cm³/mol. The van der Waals surface area contributed by atoms with Gasteiger partial charge in [-0.2, -0.15) is 13.2 Å². The van der Waals surface area contributed by atoms with Gasteiger partial charge in [0.2, 0.25) is 5.91 Å². The molecule has 0 atom stereocenters. The van der Waals surface area contributed by atoms with Crippen LogP contribution in [0.15, 0.2) is 24.5 Å². The molecule has 0 bridgehead atoms. The molecule has 22 heavy (non-hydrogen) atoms. The lowest BCUT2D eigenvalue weighted by atomic mass is 10.3. The molecule has 0 spiro atoms. The van der Waals surface area contributed by atoms with Crippen LogP contribution in [0.3, 0.4) is 0 Å². The van der Waals surface area contributed by atoms with Crippen molar-refractivity contribution in [2.75, 3.05) is 11.9 Å². The third-order valence-corrected chi connectivity index (χ3v) is 2.54. The summed E-state index contributed by atoms with van der Waals surface area (Å²) >= 11 is 5.77. The third-order valence-electron chi connectivity index (χ3n) is 2.30. The largest absolute Gasteiger partial charge is 0.482 e. The normalized spacial score (nSPS) is 11.3. The fraction of sp³-hybridized carbons (Fsp3) is 0.273. The second kappa shape index (κ2) is 6.60. The summed E-state index contributed by atoms with van der Waals surface area (Å²) < 4.78 is 42.4. The average molecular weight is 336 g/mol. The van der Waals surface area contributed by atoms with Crippen molar-refractivity contribution < 1.29 is 22.7 Å². The molecule has 0 radical (unpaired) electrons. The Morgan fingerprint density at radius 2 is 2.18 bits per heavy atom. The lowest BCUT2D eigenvalue weighted by Gasteiger charge is -2.14. The maximum Gasteiger partial charge on any atom is 0.422 e. The number of anilines is 1. The van der Waals surface area contributed by atoms with E-state index in [-0.39, 0.29) is 23.0 Å². The number of ether oxygens (including phenoxy) is 1. The van der Waals surface area contributed by atoms with Crippen molar-refractivity contribution in [1.82, 2.24) is 20.2 Å². The smallest absolute Gasteiger partial charge is 0.422 e. The number of amides is 1. The van der Waals surface area contributed by atoms with E-state index in [0.29, 0.717) is 0 Å². The van der Waals surface area contributed by atoms with Crippen LogP contribution in [0, 0.1) is 0 Å². The quantitative estimate of drug-likeness (QED) is 0.902. The molecule has 1 aromatic heterocycles. The molecule has 1 N–H and O–H groups in total. The molecule has 1 aromatic carbocycles. The number of nitrogens with one attached hydrogen (secondary N) is 1. The van der Waals surface area contributed by atoms with E-state index in [4.69, 9.17) is 11.6 Å². The number of alkyl halides is 3. The first-order valence-electron chi connectivity index (χ1n) is 5.83. The first-order chi connectivity index (χ1) is 10.3. The van der Waals surface area contributed by atoms with E-state index >= 15 is 0 Å². The second-order valence-corrected chi connectivity index (χ2v) is 4.54. The Hall–Kier alpha value is -2.36. The summed E-state index contributed by atoms with van der Waals surface area (Å²) in [7, 11) is 0. The number of aromatic nitrogens is 4. The standard InChI is InChI=1S/C11H9ClF3N5O2/c12-7-1-2-9(22-5-11(13,14)15)8(3-7)17-10(21)4-20-6-16-18-19-20/h1-3,6H,4-5H2,(H,17,21). The summed E-state index contributed by atoms with van der Waals surface area (Å²) in [6, 6.07) is 3.87. The van der Waals surface area contributed by atoms with E-state index in [1.807, 2.05) is 0 Å². The summed E-state index contributed by atoms with van der Waals surface area (Å²) in [5.74, 6) is -0.696. The van der Waals surface area contributed by atoms with Gasteiger partial charge in [-0.3, -0.25) is 4.79 Å². The van der Waals surface area contributed by atoms with Crippen LogP contribution in [0.2, 0.25) is 5.02 Å². The molecule has 0 saturated heterocycles. The van der Waals surface area contributed by atoms with Crippen molar-refractivity contribution in [2.45, 2.75) is 12.7 Å². The summed E-state index contributed by atoms with van der Waals surface area (Å²) in [5, 5.41) is 12.8. The van der Waals surface area contributed by atoms with Crippen LogP contribution in [-0.4, -0.2) is 38.9 Å². The second-order valence-electron chi connectivity index (χ2n) is 4.10. The van der Waals surface area contributed by atoms with Crippen LogP contribution in [0.5, 0.6) is 5.75 Å². The molecule has 0 fully saturated rings. The molecule has 0 saturated carbocycles. The first-order valence-corrected chi connectivity index (χ1v) is 6.21. The number of benzene rings is 1. The topological polar surface area (TPSA) is 81.9 Å². The van der Waals surface area contributed by atoms with Gasteiger partial charge >= 0.3 is 6.18 Å². The fourth-order valence-corrected chi connectivity index (χ4v) is 1.65. The van der Waals surface area contributed by atoms with Crippen molar-refractivity contribution in [3.63, 3.8) is 0 Å². The van der Waals surface area contributed by atoms with Crippen molar-refractivity contribution in [1.29, 1.82) is 0 Å². The van der Waals surface area contributed by atoms with E-state index in [2.05, 4.69) is 25.6 Å². The molecule has 11 heteroatoms. The number of hydrogen-bond acceptors (Lipinski definition) is 5. The zero-order valence-corrected chi connectivity index (χ0v) is 11.6. The third kappa shape index (κ3) is 4.88. The molecule has 0 aliphatic rings. The minimum Gasteiger partial charge on any atom is -0.482 e. The van der Waals surface area contributed by atoms with E-state index in [1.165, 1.54) is 24.5 Å². The minimum absolute atomic E-state index is 0.0230. The summed E-state index contributed by atoms with van der Waals surface area (Å²) in [6.45, 7) is -1.69. The molecule has 0 unspecified atom stereocenters. The molecule has 7 nitrogen and oxygen atoms in total. The van der Waals surface area contributed by atoms with Gasteiger partial charge in [0, 0.05) is 5.02 Å². The number of hydrogen-bond donors (Lipinski definition) is 1. The minimum atomic E-state index is -4.49. The predicted octanol–water partition coefficient (Wildman–Crippen LogP) is 1.91. The van der Waals surface area contributed by atoms with Crippen molar-refractivity contribution in [2.24, 2.45) is 0 Å². The Labute approximate surface area is 127 Å². The highest BCUT2D eigenvalue weighted by Crippen LogP contribution is 2.29. The van der Waals surface area contributed by atoms with Gasteiger partial charge in [-0.1, -0.05) is 11.6 Å². The maximum absolute atomic E-state index is 12.2. The zero-order chi connectivity index (χ0) is 16.2. The number of carbonyl (C=O) groups is 1. The number of halogens is 4. The number of carbonyl (C=O) groups excluding carboxylic acids is 1. The van der Waals surface area contributed by atoms with Gasteiger partial charge in [-0.05, 0) is 28.6 Å². The van der Waals surface area contributed by atoms with E-state index < -0.39 is 18.7 Å². The zero-order valence-electron chi connectivity index (χ0n) is 10.8. The lowest BCUT2D eigenvalue weighted by Crippen LogP contribution is -2.22. The van der Waals surface area contributed by atoms with Crippen LogP contribution in [-0.2, 0) is 11.3 Å². The van der Waals surface area contributed by atoms with Gasteiger partial charge in [0.25, 0.3) is 0 Å². The Morgan fingerprint density at radius 1 is 1.41 bits per heavy atom. The van der Waals surface area contributed by atoms with E-state index in [0.717, 1.165) is 4.68 Å². The van der Waals surface area contributed by atoms with Crippen molar-refractivity contribution >= 4 is 23.2 Å². The summed E-state index contributed by atoms with van der Waals surface area (Å²) in [6.07, 6.45) is -3.27. The molecule has 1 heterocycles. The van der Waals surface area contributed by atoms with Gasteiger partial charge in [0.05, 0.1) is 5.69 Å². The lowest BCUT2D eigenvalue weighted by molar-refractivity contribution is -0.153. The highest BCUT2D eigenvalue weighted by molar-refractivity contribution is 6.31. The Bertz CT molecular complexity index is 648. The van der Waals surface area contributed by atoms with Crippen molar-refractivity contribution in [3.05, 3.63) is 29.5 Å². The molecule has 118 valence electrons. The first kappa shape index (κ1) is 16.0. The number of rotatable bonds is 5. The van der Waals surface area contributed by atoms with Gasteiger partial charge in [0.15, 0.2) is 6.61 Å². The fourth-order valence-electron chi connectivity index (χ4n) is 1.47. The van der Waals surface area contributed by atoms with Crippen molar-refractivity contribution in [3.8, 4) is 5.75 Å². The number of nitrogens with zero attached hydrogens (tertiary/aromatic N) is 4. The van der Waals surface area contributed by atoms with Crippen LogP contribution in [0.1, 0.15) is 0 Å². The van der Waals surface area contributed by atoms with E-state index in [9.17, 15) is 18.0 Å². The molecule has 2 rings (SSSR count). The molecule has 0 aliphatic heterocycles. The van der Waals surface area contributed by atoms with E-state index in [1.54, 1.807) is 0 Å². The van der Waals surface area contributed by atoms with Crippen LogP contribution in [0.4, 0.5) is 18.9 Å². The summed E-state index contributed by atoms with van der Waals surface area (Å²) in [4.78, 5) is 11.8. The van der Waals surface area contributed by atoms with Crippen LogP contribution >= 0.6 is 11.6 Å². The highest BCUT2D eigenvalue weighted by atomic mass is 35.5. The van der Waals surface area contributed by atoms with Gasteiger partial charge in [-0.25, -0.2) is 4.68 Å². The average Bonchev–Trinajstić information content (AvgIpc) is 2.89. The maximum atomic E-state index is 12.2. The molecular formula is C11H9ClF3N5O2. The van der Waals surface area contributed by atoms with Gasteiger partial charge in [0.1, 0.15) is 18.6 Å². The molecule has 2 aromatic rings. The SMILES string of the molecule is O=C(Cn1cnnn1)Nc1cc(Cl)ccc1OCC(F)(F)F. The Morgan fingerprint density at radius 3 is 2.82 bits per heavy atom. The Kier molecular flexibility index (Phi) is 4.81. The number of tetrazole rings is 1. The highest BCUT2D eigenvalue weighted by Gasteiger charge is 2.29. The monoisotopic (exact) mass is 335 g/mol. The molecule has 1 amide bonds.